The van der Waals surface area contributed by atoms with Crippen molar-refractivity contribution in [3.8, 4) is 0 Å². The zero-order valence-electron chi connectivity index (χ0n) is 15.3. The van der Waals surface area contributed by atoms with Gasteiger partial charge in [-0.1, -0.05) is 42.1 Å². The van der Waals surface area contributed by atoms with E-state index in [9.17, 15) is 4.79 Å². The van der Waals surface area contributed by atoms with Crippen LogP contribution in [0.3, 0.4) is 0 Å². The zero-order chi connectivity index (χ0) is 18.6. The lowest BCUT2D eigenvalue weighted by atomic mass is 10.3. The van der Waals surface area contributed by atoms with E-state index < -0.39 is 0 Å². The third kappa shape index (κ3) is 7.17. The molecule has 0 aliphatic rings. The Morgan fingerprint density at radius 3 is 2.23 bits per heavy atom. The molecule has 2 aromatic carbocycles. The van der Waals surface area contributed by atoms with E-state index >= 15 is 0 Å². The molecule has 0 atom stereocenters. The smallest absolute Gasteiger partial charge is 0.238 e. The topological polar surface area (TPSA) is 50.8 Å². The van der Waals surface area contributed by atoms with Gasteiger partial charge in [-0.15, -0.1) is 0 Å². The first-order valence-electron chi connectivity index (χ1n) is 8.55. The lowest BCUT2D eigenvalue weighted by Gasteiger charge is -2.21. The Morgan fingerprint density at radius 1 is 0.962 bits per heavy atom. The molecule has 0 heterocycles. The van der Waals surface area contributed by atoms with E-state index in [2.05, 4.69) is 17.4 Å². The van der Waals surface area contributed by atoms with E-state index in [1.54, 1.807) is 26.0 Å². The van der Waals surface area contributed by atoms with Crippen LogP contribution in [0.2, 0.25) is 0 Å². The van der Waals surface area contributed by atoms with Gasteiger partial charge in [-0.3, -0.25) is 9.69 Å². The Bertz CT molecular complexity index is 659. The molecule has 0 saturated heterocycles. The number of benzene rings is 2. The number of nitrogens with one attached hydrogen (secondary N) is 1. The van der Waals surface area contributed by atoms with Crippen LogP contribution in [0.5, 0.6) is 0 Å². The molecule has 0 aliphatic carbocycles. The van der Waals surface area contributed by atoms with Crippen molar-refractivity contribution in [2.45, 2.75) is 9.79 Å². The van der Waals surface area contributed by atoms with Crippen molar-refractivity contribution >= 4 is 23.4 Å². The lowest BCUT2D eigenvalue weighted by molar-refractivity contribution is -0.117. The lowest BCUT2D eigenvalue weighted by Crippen LogP contribution is -2.37. The van der Waals surface area contributed by atoms with E-state index in [0.717, 1.165) is 15.5 Å². The highest BCUT2D eigenvalue weighted by Crippen LogP contribution is 2.33. The average Bonchev–Trinajstić information content (AvgIpc) is 2.66. The van der Waals surface area contributed by atoms with Crippen molar-refractivity contribution in [2.24, 2.45) is 0 Å². The fourth-order valence-electron chi connectivity index (χ4n) is 2.38. The van der Waals surface area contributed by atoms with Gasteiger partial charge < -0.3 is 14.8 Å². The number of amides is 1. The second-order valence-electron chi connectivity index (χ2n) is 5.72. The van der Waals surface area contributed by atoms with Crippen LogP contribution in [0.1, 0.15) is 0 Å². The van der Waals surface area contributed by atoms with Crippen LogP contribution in [-0.2, 0) is 14.3 Å². The molecular formula is C20H26N2O3S. The maximum Gasteiger partial charge on any atom is 0.238 e. The van der Waals surface area contributed by atoms with Crippen LogP contribution < -0.4 is 5.32 Å². The van der Waals surface area contributed by atoms with Gasteiger partial charge in [0, 0.05) is 37.1 Å². The molecule has 0 radical (unpaired) electrons. The molecule has 5 nitrogen and oxygen atoms in total. The number of ether oxygens (including phenoxy) is 2. The summed E-state index contributed by atoms with van der Waals surface area (Å²) < 4.78 is 10.2. The molecule has 2 aromatic rings. The highest BCUT2D eigenvalue weighted by molar-refractivity contribution is 7.99. The third-order valence-electron chi connectivity index (χ3n) is 3.72. The molecule has 0 unspecified atom stereocenters. The molecule has 0 aliphatic heterocycles. The van der Waals surface area contributed by atoms with E-state index in [-0.39, 0.29) is 5.91 Å². The number of anilines is 1. The van der Waals surface area contributed by atoms with Crippen molar-refractivity contribution in [2.75, 3.05) is 52.4 Å². The van der Waals surface area contributed by atoms with E-state index in [4.69, 9.17) is 9.47 Å². The quantitative estimate of drug-likeness (QED) is 0.653. The summed E-state index contributed by atoms with van der Waals surface area (Å²) in [6.07, 6.45) is 0. The number of hydrogen-bond acceptors (Lipinski definition) is 5. The number of methoxy groups -OCH3 is 2. The second-order valence-corrected chi connectivity index (χ2v) is 6.84. The first-order valence-corrected chi connectivity index (χ1v) is 9.36. The highest BCUT2D eigenvalue weighted by atomic mass is 32.2. The standard InChI is InChI=1S/C20H26N2O3S/c1-24-14-12-22(13-15-25-2)16-20(23)21-18-10-6-7-11-19(18)26-17-8-4-3-5-9-17/h3-11H,12-16H2,1-2H3,(H,21,23). The number of rotatable bonds is 11. The number of carbonyl (C=O) groups excluding carboxylic acids is 1. The minimum atomic E-state index is -0.0432. The molecule has 0 bridgehead atoms. The summed E-state index contributed by atoms with van der Waals surface area (Å²) in [4.78, 5) is 16.7. The van der Waals surface area contributed by atoms with Crippen molar-refractivity contribution in [1.29, 1.82) is 0 Å². The molecule has 0 spiro atoms. The summed E-state index contributed by atoms with van der Waals surface area (Å²) in [6, 6.07) is 18.0. The Kier molecular flexibility index (Phi) is 9.20. The molecule has 0 saturated carbocycles. The van der Waals surface area contributed by atoms with Gasteiger partial charge in [0.2, 0.25) is 5.91 Å². The Balaban J connectivity index is 1.99. The molecule has 0 fully saturated rings. The van der Waals surface area contributed by atoms with Gasteiger partial charge in [0.25, 0.3) is 0 Å². The predicted octanol–water partition coefficient (Wildman–Crippen LogP) is 3.37. The van der Waals surface area contributed by atoms with E-state index in [0.29, 0.717) is 32.8 Å². The fraction of sp³-hybridized carbons (Fsp3) is 0.350. The van der Waals surface area contributed by atoms with Gasteiger partial charge in [0.1, 0.15) is 0 Å². The van der Waals surface area contributed by atoms with Crippen LogP contribution in [0, 0.1) is 0 Å². The van der Waals surface area contributed by atoms with Gasteiger partial charge >= 0.3 is 0 Å². The zero-order valence-corrected chi connectivity index (χ0v) is 16.1. The minimum Gasteiger partial charge on any atom is -0.383 e. The summed E-state index contributed by atoms with van der Waals surface area (Å²) in [7, 11) is 3.32. The van der Waals surface area contributed by atoms with Crippen molar-refractivity contribution in [1.82, 2.24) is 4.90 Å². The largest absolute Gasteiger partial charge is 0.383 e. The summed E-state index contributed by atoms with van der Waals surface area (Å²) in [5, 5.41) is 3.03. The SMILES string of the molecule is COCCN(CCOC)CC(=O)Nc1ccccc1Sc1ccccc1. The van der Waals surface area contributed by atoms with Gasteiger partial charge in [-0.05, 0) is 24.3 Å². The van der Waals surface area contributed by atoms with Gasteiger partial charge in [-0.2, -0.15) is 0 Å². The summed E-state index contributed by atoms with van der Waals surface area (Å²) in [5.74, 6) is -0.0432. The fourth-order valence-corrected chi connectivity index (χ4v) is 3.30. The maximum atomic E-state index is 12.5. The highest BCUT2D eigenvalue weighted by Gasteiger charge is 2.12. The van der Waals surface area contributed by atoms with Crippen LogP contribution in [0.25, 0.3) is 0 Å². The molecular weight excluding hydrogens is 348 g/mol. The molecule has 2 rings (SSSR count). The van der Waals surface area contributed by atoms with Crippen molar-refractivity contribution in [3.63, 3.8) is 0 Å². The predicted molar refractivity (Wildman–Crippen MR) is 106 cm³/mol. The Labute approximate surface area is 159 Å². The first kappa shape index (κ1) is 20.5. The van der Waals surface area contributed by atoms with Gasteiger partial charge in [-0.25, -0.2) is 0 Å². The Hall–Kier alpha value is -1.86. The molecule has 1 amide bonds. The Morgan fingerprint density at radius 2 is 1.58 bits per heavy atom. The van der Waals surface area contributed by atoms with Crippen LogP contribution in [0.4, 0.5) is 5.69 Å². The monoisotopic (exact) mass is 374 g/mol. The summed E-state index contributed by atoms with van der Waals surface area (Å²) >= 11 is 1.63. The normalized spacial score (nSPS) is 10.9. The maximum absolute atomic E-state index is 12.5. The van der Waals surface area contributed by atoms with Gasteiger partial charge in [0.05, 0.1) is 25.4 Å². The molecule has 140 valence electrons. The summed E-state index contributed by atoms with van der Waals surface area (Å²) in [6.45, 7) is 2.84. The van der Waals surface area contributed by atoms with Crippen molar-refractivity contribution < 1.29 is 14.3 Å². The first-order chi connectivity index (χ1) is 12.7. The molecule has 0 aromatic heterocycles. The molecule has 1 N–H and O–H groups in total. The molecule has 26 heavy (non-hydrogen) atoms. The van der Waals surface area contributed by atoms with E-state index in [1.165, 1.54) is 0 Å². The van der Waals surface area contributed by atoms with E-state index in [1.807, 2.05) is 47.4 Å². The number of nitrogens with zero attached hydrogens (tertiary/aromatic N) is 1. The minimum absolute atomic E-state index is 0.0432. The number of hydrogen-bond donors (Lipinski definition) is 1. The molecule has 6 heteroatoms. The van der Waals surface area contributed by atoms with Crippen molar-refractivity contribution in [3.05, 3.63) is 54.6 Å². The van der Waals surface area contributed by atoms with Gasteiger partial charge in [0.15, 0.2) is 0 Å². The number of carbonyl (C=O) groups is 1. The number of para-hydroxylation sites is 1. The third-order valence-corrected chi connectivity index (χ3v) is 4.81. The van der Waals surface area contributed by atoms with Crippen LogP contribution >= 0.6 is 11.8 Å². The summed E-state index contributed by atoms with van der Waals surface area (Å²) in [5.41, 5.74) is 0.824. The van der Waals surface area contributed by atoms with Crippen LogP contribution in [-0.4, -0.2) is 57.9 Å². The second kappa shape index (κ2) is 11.7. The van der Waals surface area contributed by atoms with Crippen LogP contribution in [0.15, 0.2) is 64.4 Å². The average molecular weight is 375 g/mol.